The largest absolute Gasteiger partial charge is 0.353 e. The van der Waals surface area contributed by atoms with Crippen LogP contribution in [0.15, 0.2) is 24.3 Å². The minimum atomic E-state index is -0.219. The van der Waals surface area contributed by atoms with Gasteiger partial charge in [0.2, 0.25) is 5.91 Å². The van der Waals surface area contributed by atoms with E-state index in [0.29, 0.717) is 21.8 Å². The molecule has 1 heterocycles. The van der Waals surface area contributed by atoms with Gasteiger partial charge in [0.15, 0.2) is 5.13 Å². The van der Waals surface area contributed by atoms with Crippen LogP contribution in [0.3, 0.4) is 0 Å². The van der Waals surface area contributed by atoms with E-state index in [9.17, 15) is 9.59 Å². The SMILES string of the molecule is O=C(Nc1nc2c(s1)CCC2C(=O)NC1CCCCCC1)c1ccc(Cl)cc1. The van der Waals surface area contributed by atoms with E-state index < -0.39 is 0 Å². The molecular weight excluding hydrogens is 394 g/mol. The van der Waals surface area contributed by atoms with Crippen LogP contribution in [-0.2, 0) is 11.2 Å². The number of nitrogens with one attached hydrogen (secondary N) is 2. The van der Waals surface area contributed by atoms with Crippen LogP contribution in [0.2, 0.25) is 5.02 Å². The highest BCUT2D eigenvalue weighted by Gasteiger charge is 2.33. The lowest BCUT2D eigenvalue weighted by Crippen LogP contribution is -2.37. The summed E-state index contributed by atoms with van der Waals surface area (Å²) in [4.78, 5) is 30.9. The van der Waals surface area contributed by atoms with Gasteiger partial charge in [-0.3, -0.25) is 14.9 Å². The van der Waals surface area contributed by atoms with Crippen molar-refractivity contribution in [1.82, 2.24) is 10.3 Å². The summed E-state index contributed by atoms with van der Waals surface area (Å²) >= 11 is 7.34. The molecule has 1 unspecified atom stereocenters. The number of carbonyl (C=O) groups is 2. The van der Waals surface area contributed by atoms with Gasteiger partial charge < -0.3 is 5.32 Å². The fourth-order valence-electron chi connectivity index (χ4n) is 4.03. The van der Waals surface area contributed by atoms with Gasteiger partial charge in [-0.25, -0.2) is 4.98 Å². The molecule has 1 aromatic heterocycles. The Bertz CT molecular complexity index is 857. The van der Waals surface area contributed by atoms with Gasteiger partial charge in [0.1, 0.15) is 0 Å². The fourth-order valence-corrected chi connectivity index (χ4v) is 5.19. The van der Waals surface area contributed by atoms with Gasteiger partial charge in [0.05, 0.1) is 11.6 Å². The molecule has 0 spiro atoms. The van der Waals surface area contributed by atoms with Crippen LogP contribution in [0.25, 0.3) is 0 Å². The zero-order valence-corrected chi connectivity index (χ0v) is 17.2. The average molecular weight is 418 g/mol. The minimum Gasteiger partial charge on any atom is -0.353 e. The van der Waals surface area contributed by atoms with Gasteiger partial charge in [-0.15, -0.1) is 11.3 Å². The van der Waals surface area contributed by atoms with E-state index in [-0.39, 0.29) is 17.7 Å². The zero-order valence-electron chi connectivity index (χ0n) is 15.7. The van der Waals surface area contributed by atoms with Gasteiger partial charge in [0, 0.05) is 21.5 Å². The summed E-state index contributed by atoms with van der Waals surface area (Å²) in [6, 6.07) is 7.03. The van der Waals surface area contributed by atoms with Crippen LogP contribution in [0.5, 0.6) is 0 Å². The Morgan fingerprint density at radius 2 is 1.75 bits per heavy atom. The van der Waals surface area contributed by atoms with E-state index in [4.69, 9.17) is 11.6 Å². The topological polar surface area (TPSA) is 71.1 Å². The molecule has 1 atom stereocenters. The summed E-state index contributed by atoms with van der Waals surface area (Å²) in [6.45, 7) is 0. The average Bonchev–Trinajstić information content (AvgIpc) is 3.14. The van der Waals surface area contributed by atoms with Crippen molar-refractivity contribution in [3.8, 4) is 0 Å². The van der Waals surface area contributed by atoms with Crippen molar-refractivity contribution in [1.29, 1.82) is 0 Å². The first-order valence-electron chi connectivity index (χ1n) is 9.97. The molecule has 2 aliphatic rings. The molecule has 1 fully saturated rings. The van der Waals surface area contributed by atoms with Crippen molar-refractivity contribution < 1.29 is 9.59 Å². The number of hydrogen-bond donors (Lipinski definition) is 2. The molecule has 0 radical (unpaired) electrons. The van der Waals surface area contributed by atoms with E-state index in [2.05, 4.69) is 15.6 Å². The van der Waals surface area contributed by atoms with Crippen LogP contribution in [0.1, 0.15) is 71.8 Å². The first-order chi connectivity index (χ1) is 13.6. The molecule has 4 rings (SSSR count). The van der Waals surface area contributed by atoms with Crippen molar-refractivity contribution in [2.24, 2.45) is 0 Å². The molecule has 5 nitrogen and oxygen atoms in total. The number of hydrogen-bond acceptors (Lipinski definition) is 4. The third-order valence-corrected chi connectivity index (χ3v) is 6.86. The van der Waals surface area contributed by atoms with Gasteiger partial charge in [0.25, 0.3) is 5.91 Å². The second-order valence-electron chi connectivity index (χ2n) is 7.58. The number of amides is 2. The third kappa shape index (κ3) is 4.39. The van der Waals surface area contributed by atoms with Crippen molar-refractivity contribution in [3.05, 3.63) is 45.4 Å². The maximum absolute atomic E-state index is 12.8. The first-order valence-corrected chi connectivity index (χ1v) is 11.2. The number of nitrogens with zero attached hydrogens (tertiary/aromatic N) is 1. The monoisotopic (exact) mass is 417 g/mol. The number of carbonyl (C=O) groups excluding carboxylic acids is 2. The number of aromatic nitrogens is 1. The molecular formula is C21H24ClN3O2S. The Balaban J connectivity index is 1.41. The first kappa shape index (κ1) is 19.4. The third-order valence-electron chi connectivity index (χ3n) is 5.56. The van der Waals surface area contributed by atoms with E-state index in [1.807, 2.05) is 0 Å². The molecule has 0 bridgehead atoms. The molecule has 0 saturated heterocycles. The van der Waals surface area contributed by atoms with E-state index in [0.717, 1.165) is 36.3 Å². The lowest BCUT2D eigenvalue weighted by atomic mass is 10.0. The predicted octanol–water partition coefficient (Wildman–Crippen LogP) is 4.92. The highest BCUT2D eigenvalue weighted by molar-refractivity contribution is 7.16. The summed E-state index contributed by atoms with van der Waals surface area (Å²) < 4.78 is 0. The Kier molecular flexibility index (Phi) is 5.97. The molecule has 148 valence electrons. The molecule has 2 N–H and O–H groups in total. The summed E-state index contributed by atoms with van der Waals surface area (Å²) in [5.41, 5.74) is 1.37. The second kappa shape index (κ2) is 8.62. The maximum atomic E-state index is 12.8. The lowest BCUT2D eigenvalue weighted by Gasteiger charge is -2.19. The van der Waals surface area contributed by atoms with Gasteiger partial charge in [-0.1, -0.05) is 37.3 Å². The lowest BCUT2D eigenvalue weighted by molar-refractivity contribution is -0.123. The van der Waals surface area contributed by atoms with Crippen molar-refractivity contribution >= 4 is 39.9 Å². The quantitative estimate of drug-likeness (QED) is 0.693. The van der Waals surface area contributed by atoms with Crippen LogP contribution in [-0.4, -0.2) is 22.8 Å². The number of thiazole rings is 1. The number of anilines is 1. The highest BCUT2D eigenvalue weighted by atomic mass is 35.5. The number of halogens is 1. The zero-order chi connectivity index (χ0) is 19.5. The normalized spacial score (nSPS) is 19.7. The molecule has 2 aliphatic carbocycles. The Labute approximate surface area is 173 Å². The number of rotatable bonds is 4. The molecule has 28 heavy (non-hydrogen) atoms. The molecule has 1 aromatic carbocycles. The number of aryl methyl sites for hydroxylation is 1. The summed E-state index contributed by atoms with van der Waals surface area (Å²) in [5.74, 6) is -0.328. The minimum absolute atomic E-state index is 0.0894. The van der Waals surface area contributed by atoms with Crippen LogP contribution >= 0.6 is 22.9 Å². The van der Waals surface area contributed by atoms with E-state index >= 15 is 0 Å². The fraction of sp³-hybridized carbons (Fsp3) is 0.476. The predicted molar refractivity (Wildman–Crippen MR) is 112 cm³/mol. The van der Waals surface area contributed by atoms with Crippen molar-refractivity contribution in [2.75, 3.05) is 5.32 Å². The van der Waals surface area contributed by atoms with Crippen LogP contribution < -0.4 is 10.6 Å². The Hall–Kier alpha value is -1.92. The highest BCUT2D eigenvalue weighted by Crippen LogP contribution is 2.38. The molecule has 0 aliphatic heterocycles. The van der Waals surface area contributed by atoms with Crippen molar-refractivity contribution in [3.63, 3.8) is 0 Å². The summed E-state index contributed by atoms with van der Waals surface area (Å²) in [7, 11) is 0. The standard InChI is InChI=1S/C21H24ClN3O2S/c22-14-9-7-13(8-10-14)19(26)25-21-24-18-16(11-12-17(18)28-21)20(27)23-15-5-3-1-2-4-6-15/h7-10,15-16H,1-6,11-12H2,(H,23,27)(H,24,25,26). The number of fused-ring (bicyclic) bond motifs is 1. The number of benzene rings is 1. The van der Waals surface area contributed by atoms with Gasteiger partial charge >= 0.3 is 0 Å². The molecule has 1 saturated carbocycles. The van der Waals surface area contributed by atoms with Gasteiger partial charge in [-0.2, -0.15) is 0 Å². The van der Waals surface area contributed by atoms with Gasteiger partial charge in [-0.05, 0) is 49.9 Å². The molecule has 2 aromatic rings. The maximum Gasteiger partial charge on any atom is 0.257 e. The molecule has 2 amide bonds. The van der Waals surface area contributed by atoms with Crippen LogP contribution in [0, 0.1) is 0 Å². The second-order valence-corrected chi connectivity index (χ2v) is 9.10. The van der Waals surface area contributed by atoms with Crippen LogP contribution in [0.4, 0.5) is 5.13 Å². The van der Waals surface area contributed by atoms with Crippen molar-refractivity contribution in [2.45, 2.75) is 63.3 Å². The van der Waals surface area contributed by atoms with E-state index in [1.165, 1.54) is 37.0 Å². The van der Waals surface area contributed by atoms with E-state index in [1.54, 1.807) is 24.3 Å². The smallest absolute Gasteiger partial charge is 0.257 e. The Morgan fingerprint density at radius 3 is 2.46 bits per heavy atom. The summed E-state index contributed by atoms with van der Waals surface area (Å²) in [6.07, 6.45) is 8.71. The summed E-state index contributed by atoms with van der Waals surface area (Å²) in [5, 5.41) is 7.24. The molecule has 7 heteroatoms. The Morgan fingerprint density at radius 1 is 1.04 bits per heavy atom.